The Balaban J connectivity index is 2.02. The summed E-state index contributed by atoms with van der Waals surface area (Å²) in [5.41, 5.74) is 8.68. The van der Waals surface area contributed by atoms with Gasteiger partial charge in [-0.15, -0.1) is 0 Å². The maximum atomic E-state index is 11.9. The van der Waals surface area contributed by atoms with Gasteiger partial charge in [0.25, 0.3) is 5.56 Å². The molecule has 0 saturated heterocycles. The highest BCUT2D eigenvalue weighted by atomic mass is 16.2. The van der Waals surface area contributed by atoms with E-state index < -0.39 is 0 Å². The van der Waals surface area contributed by atoms with Gasteiger partial charge in [0.1, 0.15) is 6.54 Å². The lowest BCUT2D eigenvalue weighted by atomic mass is 10.2. The number of nitrogen functional groups attached to an aromatic ring is 1. The second-order valence-electron chi connectivity index (χ2n) is 4.98. The molecule has 7 nitrogen and oxygen atoms in total. The number of aryl methyl sites for hydroxylation is 2. The molecule has 3 N–H and O–H groups in total. The van der Waals surface area contributed by atoms with Crippen molar-refractivity contribution in [1.29, 1.82) is 0 Å². The fraction of sp³-hybridized carbons (Fsp3) is 0.357. The van der Waals surface area contributed by atoms with Crippen molar-refractivity contribution in [2.45, 2.75) is 26.9 Å². The lowest BCUT2D eigenvalue weighted by molar-refractivity contribution is -0.121. The average molecular weight is 289 g/mol. The van der Waals surface area contributed by atoms with Crippen LogP contribution in [0.15, 0.2) is 23.1 Å². The third-order valence-electron chi connectivity index (χ3n) is 3.44. The number of carbonyl (C=O) groups is 1. The first kappa shape index (κ1) is 14.8. The largest absolute Gasteiger partial charge is 0.398 e. The number of amides is 1. The molecule has 0 atom stereocenters. The highest BCUT2D eigenvalue weighted by Gasteiger charge is 2.11. The molecule has 0 radical (unpaired) electrons. The maximum absolute atomic E-state index is 11.9. The van der Waals surface area contributed by atoms with Crippen molar-refractivity contribution < 1.29 is 4.79 Å². The molecule has 2 rings (SSSR count). The van der Waals surface area contributed by atoms with E-state index >= 15 is 0 Å². The first-order valence-corrected chi connectivity index (χ1v) is 6.60. The zero-order valence-corrected chi connectivity index (χ0v) is 12.4. The third-order valence-corrected chi connectivity index (χ3v) is 3.44. The lowest BCUT2D eigenvalue weighted by Gasteiger charge is -2.08. The predicted octanol–water partition coefficient (Wildman–Crippen LogP) is 0.0972. The number of nitrogens with one attached hydrogen (secondary N) is 1. The first-order chi connectivity index (χ1) is 9.88. The van der Waals surface area contributed by atoms with Crippen molar-refractivity contribution in [2.24, 2.45) is 7.05 Å². The Labute approximate surface area is 122 Å². The van der Waals surface area contributed by atoms with E-state index in [0.29, 0.717) is 12.2 Å². The fourth-order valence-corrected chi connectivity index (χ4v) is 2.14. The summed E-state index contributed by atoms with van der Waals surface area (Å²) in [5.74, 6) is -0.245. The zero-order valence-electron chi connectivity index (χ0n) is 12.4. The van der Waals surface area contributed by atoms with Crippen LogP contribution in [0.25, 0.3) is 0 Å². The van der Waals surface area contributed by atoms with Crippen LogP contribution in [0.1, 0.15) is 17.0 Å². The number of aromatic nitrogens is 3. The molecule has 0 aliphatic carbocycles. The zero-order chi connectivity index (χ0) is 15.6. The third kappa shape index (κ3) is 3.31. The van der Waals surface area contributed by atoms with Gasteiger partial charge in [-0.2, -0.15) is 5.10 Å². The smallest absolute Gasteiger partial charge is 0.251 e. The number of rotatable bonds is 4. The number of nitrogens with two attached hydrogens (primary N) is 1. The molecule has 0 aliphatic heterocycles. The van der Waals surface area contributed by atoms with Crippen LogP contribution in [0.3, 0.4) is 0 Å². The minimum absolute atomic E-state index is 0.0533. The number of hydrogen-bond acceptors (Lipinski definition) is 4. The van der Waals surface area contributed by atoms with Gasteiger partial charge in [0.05, 0.1) is 5.69 Å². The molecule has 1 amide bonds. The van der Waals surface area contributed by atoms with Crippen molar-refractivity contribution in [2.75, 3.05) is 5.73 Å². The highest BCUT2D eigenvalue weighted by molar-refractivity contribution is 5.75. The van der Waals surface area contributed by atoms with E-state index in [4.69, 9.17) is 5.73 Å². The van der Waals surface area contributed by atoms with Crippen molar-refractivity contribution in [3.05, 3.63) is 45.6 Å². The monoisotopic (exact) mass is 289 g/mol. The van der Waals surface area contributed by atoms with E-state index in [-0.39, 0.29) is 18.0 Å². The molecule has 0 bridgehead atoms. The van der Waals surface area contributed by atoms with Crippen LogP contribution in [0.5, 0.6) is 0 Å². The molecule has 0 fully saturated rings. The molecule has 0 saturated carbocycles. The molecule has 0 aliphatic rings. The SMILES string of the molecule is Cc1nn(C)c(C)c1CNC(=O)Cn1cc(N)ccc1=O. The van der Waals surface area contributed by atoms with Crippen molar-refractivity contribution in [1.82, 2.24) is 19.7 Å². The molecule has 0 spiro atoms. The van der Waals surface area contributed by atoms with Gasteiger partial charge < -0.3 is 15.6 Å². The molecule has 0 aromatic carbocycles. The molecular formula is C14H19N5O2. The van der Waals surface area contributed by atoms with Gasteiger partial charge >= 0.3 is 0 Å². The lowest BCUT2D eigenvalue weighted by Crippen LogP contribution is -2.31. The summed E-state index contributed by atoms with van der Waals surface area (Å²) in [4.78, 5) is 23.5. The second kappa shape index (κ2) is 5.82. The summed E-state index contributed by atoms with van der Waals surface area (Å²) in [6, 6.07) is 2.86. The van der Waals surface area contributed by atoms with Gasteiger partial charge in [0.2, 0.25) is 5.91 Å². The fourth-order valence-electron chi connectivity index (χ4n) is 2.14. The number of nitrogens with zero attached hydrogens (tertiary/aromatic N) is 3. The van der Waals surface area contributed by atoms with Crippen LogP contribution in [0.4, 0.5) is 5.69 Å². The summed E-state index contributed by atoms with van der Waals surface area (Å²) in [5, 5.41) is 7.09. The standard InChI is InChI=1S/C14H19N5O2/c1-9-12(10(2)18(3)17-9)6-16-13(20)8-19-7-11(15)4-5-14(19)21/h4-5,7H,6,8,15H2,1-3H3,(H,16,20). The summed E-state index contributed by atoms with van der Waals surface area (Å²) in [6.45, 7) is 4.18. The van der Waals surface area contributed by atoms with Gasteiger partial charge in [0.15, 0.2) is 0 Å². The minimum atomic E-state index is -0.256. The number of hydrogen-bond donors (Lipinski definition) is 2. The molecule has 112 valence electrons. The van der Waals surface area contributed by atoms with Crippen molar-refractivity contribution >= 4 is 11.6 Å². The molecule has 2 aromatic rings. The summed E-state index contributed by atoms with van der Waals surface area (Å²) in [6.07, 6.45) is 1.46. The first-order valence-electron chi connectivity index (χ1n) is 6.60. The van der Waals surface area contributed by atoms with Crippen LogP contribution in [0, 0.1) is 13.8 Å². The van der Waals surface area contributed by atoms with Crippen LogP contribution in [-0.4, -0.2) is 20.3 Å². The van der Waals surface area contributed by atoms with Crippen LogP contribution < -0.4 is 16.6 Å². The van der Waals surface area contributed by atoms with E-state index in [1.165, 1.54) is 22.9 Å². The van der Waals surface area contributed by atoms with Gasteiger partial charge in [0, 0.05) is 42.8 Å². The Kier molecular flexibility index (Phi) is 4.11. The normalized spacial score (nSPS) is 10.6. The van der Waals surface area contributed by atoms with E-state index in [1.807, 2.05) is 20.9 Å². The van der Waals surface area contributed by atoms with E-state index in [2.05, 4.69) is 10.4 Å². The molecule has 2 heterocycles. The maximum Gasteiger partial charge on any atom is 0.251 e. The second-order valence-corrected chi connectivity index (χ2v) is 4.98. The Morgan fingerprint density at radius 2 is 2.10 bits per heavy atom. The summed E-state index contributed by atoms with van der Waals surface area (Å²) < 4.78 is 3.06. The van der Waals surface area contributed by atoms with Crippen LogP contribution in [-0.2, 0) is 24.9 Å². The van der Waals surface area contributed by atoms with Crippen molar-refractivity contribution in [3.63, 3.8) is 0 Å². The number of anilines is 1. The molecular weight excluding hydrogens is 270 g/mol. The Morgan fingerprint density at radius 3 is 2.71 bits per heavy atom. The Hall–Kier alpha value is -2.57. The Bertz CT molecular complexity index is 729. The van der Waals surface area contributed by atoms with Gasteiger partial charge in [-0.1, -0.05) is 0 Å². The predicted molar refractivity (Wildman–Crippen MR) is 79.6 cm³/mol. The minimum Gasteiger partial charge on any atom is -0.398 e. The van der Waals surface area contributed by atoms with Gasteiger partial charge in [-0.3, -0.25) is 14.3 Å². The van der Waals surface area contributed by atoms with Crippen LogP contribution >= 0.6 is 0 Å². The van der Waals surface area contributed by atoms with Crippen LogP contribution in [0.2, 0.25) is 0 Å². The highest BCUT2D eigenvalue weighted by Crippen LogP contribution is 2.11. The van der Waals surface area contributed by atoms with Gasteiger partial charge in [-0.25, -0.2) is 0 Å². The summed E-state index contributed by atoms with van der Waals surface area (Å²) in [7, 11) is 1.86. The quantitative estimate of drug-likeness (QED) is 0.834. The average Bonchev–Trinajstić information content (AvgIpc) is 2.66. The Morgan fingerprint density at radius 1 is 1.38 bits per heavy atom. The molecule has 7 heteroatoms. The van der Waals surface area contributed by atoms with E-state index in [9.17, 15) is 9.59 Å². The molecule has 21 heavy (non-hydrogen) atoms. The van der Waals surface area contributed by atoms with Gasteiger partial charge in [-0.05, 0) is 19.9 Å². The molecule has 2 aromatic heterocycles. The number of carbonyl (C=O) groups excluding carboxylic acids is 1. The van der Waals surface area contributed by atoms with E-state index in [0.717, 1.165) is 17.0 Å². The van der Waals surface area contributed by atoms with E-state index in [1.54, 1.807) is 4.68 Å². The topological polar surface area (TPSA) is 94.9 Å². The van der Waals surface area contributed by atoms with Crippen molar-refractivity contribution in [3.8, 4) is 0 Å². The summed E-state index contributed by atoms with van der Waals surface area (Å²) >= 11 is 0. The molecule has 0 unspecified atom stereocenters. The number of pyridine rings is 1.